The second kappa shape index (κ2) is 6.52. The van der Waals surface area contributed by atoms with Gasteiger partial charge in [-0.05, 0) is 31.9 Å². The molecule has 0 aliphatic carbocycles. The van der Waals surface area contributed by atoms with Crippen LogP contribution in [0.25, 0.3) is 0 Å². The lowest BCUT2D eigenvalue weighted by atomic mass is 10.1. The van der Waals surface area contributed by atoms with Gasteiger partial charge in [-0.3, -0.25) is 0 Å². The highest BCUT2D eigenvalue weighted by atomic mass is 32.1. The number of hydrogen-bond donors (Lipinski definition) is 2. The molecule has 1 aromatic rings. The molecule has 110 valence electrons. The summed E-state index contributed by atoms with van der Waals surface area (Å²) in [5.74, 6) is 0.744. The fraction of sp³-hybridized carbons (Fsp3) is 0.533. The summed E-state index contributed by atoms with van der Waals surface area (Å²) in [6.07, 6.45) is 1.76. The molecule has 0 spiro atoms. The summed E-state index contributed by atoms with van der Waals surface area (Å²) < 4.78 is 5.75. The Morgan fingerprint density at radius 3 is 2.90 bits per heavy atom. The molecule has 0 saturated carbocycles. The molecule has 1 aliphatic heterocycles. The second-order valence-electron chi connectivity index (χ2n) is 5.59. The molecular formula is C15H22N2O2S. The minimum Gasteiger partial charge on any atom is -0.493 e. The maximum atomic E-state index is 9.90. The number of β-amino-alcohol motifs (C(OH)–C–C–N with tert-alkyl or cyclic N) is 1. The summed E-state index contributed by atoms with van der Waals surface area (Å²) in [6.45, 7) is 5.15. The van der Waals surface area contributed by atoms with Crippen molar-refractivity contribution in [2.24, 2.45) is 5.73 Å². The number of nitrogens with two attached hydrogens (primary N) is 1. The van der Waals surface area contributed by atoms with Gasteiger partial charge in [-0.2, -0.15) is 0 Å². The Morgan fingerprint density at radius 2 is 2.25 bits per heavy atom. The molecule has 0 bridgehead atoms. The Bertz CT molecular complexity index is 477. The van der Waals surface area contributed by atoms with Crippen molar-refractivity contribution in [3.8, 4) is 5.75 Å². The third-order valence-corrected chi connectivity index (χ3v) is 3.78. The highest BCUT2D eigenvalue weighted by Crippen LogP contribution is 2.21. The normalized spacial score (nSPS) is 22.9. The summed E-state index contributed by atoms with van der Waals surface area (Å²) >= 11 is 5.00. The minimum atomic E-state index is -0.529. The SMILES string of the molecule is CC1(O)CCN(CCCOc2ccccc2C(N)=S)C1. The van der Waals surface area contributed by atoms with Gasteiger partial charge >= 0.3 is 0 Å². The van der Waals surface area contributed by atoms with Crippen LogP contribution >= 0.6 is 12.2 Å². The first-order valence-corrected chi connectivity index (χ1v) is 7.35. The molecule has 1 saturated heterocycles. The first-order chi connectivity index (χ1) is 9.48. The Hall–Kier alpha value is -1.17. The van der Waals surface area contributed by atoms with Crippen LogP contribution < -0.4 is 10.5 Å². The van der Waals surface area contributed by atoms with Crippen molar-refractivity contribution in [3.05, 3.63) is 29.8 Å². The Balaban J connectivity index is 1.75. The van der Waals surface area contributed by atoms with Gasteiger partial charge in [0.2, 0.25) is 0 Å². The van der Waals surface area contributed by atoms with Gasteiger partial charge in [-0.1, -0.05) is 24.4 Å². The van der Waals surface area contributed by atoms with E-state index in [1.807, 2.05) is 31.2 Å². The molecule has 3 N–H and O–H groups in total. The molecule has 1 unspecified atom stereocenters. The molecule has 1 fully saturated rings. The zero-order valence-corrected chi connectivity index (χ0v) is 12.7. The van der Waals surface area contributed by atoms with E-state index in [4.69, 9.17) is 22.7 Å². The van der Waals surface area contributed by atoms with Gasteiger partial charge in [0, 0.05) is 19.6 Å². The zero-order chi connectivity index (χ0) is 14.6. The third kappa shape index (κ3) is 4.16. The Morgan fingerprint density at radius 1 is 1.50 bits per heavy atom. The van der Waals surface area contributed by atoms with E-state index in [0.717, 1.165) is 43.8 Å². The number of benzene rings is 1. The van der Waals surface area contributed by atoms with Gasteiger partial charge in [-0.25, -0.2) is 0 Å². The molecule has 1 atom stereocenters. The maximum absolute atomic E-state index is 9.90. The molecule has 2 rings (SSSR count). The lowest BCUT2D eigenvalue weighted by molar-refractivity contribution is 0.0681. The monoisotopic (exact) mass is 294 g/mol. The summed E-state index contributed by atoms with van der Waals surface area (Å²) in [6, 6.07) is 7.56. The van der Waals surface area contributed by atoms with Crippen LogP contribution in [-0.2, 0) is 0 Å². The van der Waals surface area contributed by atoms with Crippen molar-refractivity contribution in [2.75, 3.05) is 26.2 Å². The quantitative estimate of drug-likeness (QED) is 0.616. The topological polar surface area (TPSA) is 58.7 Å². The van der Waals surface area contributed by atoms with E-state index in [9.17, 15) is 5.11 Å². The standard InChI is InChI=1S/C15H22N2O2S/c1-15(18)7-9-17(11-15)8-4-10-19-13-6-3-2-5-12(13)14(16)20/h2-3,5-6,18H,4,7-11H2,1H3,(H2,16,20). The van der Waals surface area contributed by atoms with E-state index < -0.39 is 5.60 Å². The van der Waals surface area contributed by atoms with E-state index in [-0.39, 0.29) is 0 Å². The number of ether oxygens (including phenoxy) is 1. The molecule has 0 aromatic heterocycles. The Kier molecular flexibility index (Phi) is 4.96. The van der Waals surface area contributed by atoms with Crippen LogP contribution in [-0.4, -0.2) is 46.8 Å². The smallest absolute Gasteiger partial charge is 0.129 e. The highest BCUT2D eigenvalue weighted by molar-refractivity contribution is 7.80. The first kappa shape index (κ1) is 15.2. The zero-order valence-electron chi connectivity index (χ0n) is 11.8. The average Bonchev–Trinajstić information content (AvgIpc) is 2.74. The number of thiocarbonyl (C=S) groups is 1. The van der Waals surface area contributed by atoms with Crippen LogP contribution in [0.3, 0.4) is 0 Å². The average molecular weight is 294 g/mol. The van der Waals surface area contributed by atoms with E-state index in [2.05, 4.69) is 4.90 Å². The van der Waals surface area contributed by atoms with E-state index in [1.165, 1.54) is 0 Å². The van der Waals surface area contributed by atoms with E-state index in [1.54, 1.807) is 0 Å². The highest BCUT2D eigenvalue weighted by Gasteiger charge is 2.30. The molecule has 0 radical (unpaired) electrons. The number of para-hydroxylation sites is 1. The van der Waals surface area contributed by atoms with E-state index >= 15 is 0 Å². The van der Waals surface area contributed by atoms with Gasteiger partial charge in [0.1, 0.15) is 10.7 Å². The predicted molar refractivity (Wildman–Crippen MR) is 84.1 cm³/mol. The van der Waals surface area contributed by atoms with Crippen LogP contribution in [0, 0.1) is 0 Å². The largest absolute Gasteiger partial charge is 0.493 e. The summed E-state index contributed by atoms with van der Waals surface area (Å²) in [5, 5.41) is 9.90. The summed E-state index contributed by atoms with van der Waals surface area (Å²) in [5.41, 5.74) is 5.92. The second-order valence-corrected chi connectivity index (χ2v) is 6.03. The van der Waals surface area contributed by atoms with Crippen molar-refractivity contribution in [3.63, 3.8) is 0 Å². The van der Waals surface area contributed by atoms with Crippen molar-refractivity contribution < 1.29 is 9.84 Å². The van der Waals surface area contributed by atoms with E-state index in [0.29, 0.717) is 11.6 Å². The first-order valence-electron chi connectivity index (χ1n) is 6.94. The van der Waals surface area contributed by atoms with Crippen molar-refractivity contribution >= 4 is 17.2 Å². The van der Waals surface area contributed by atoms with Crippen molar-refractivity contribution in [1.82, 2.24) is 4.90 Å². The number of aliphatic hydroxyl groups is 1. The van der Waals surface area contributed by atoms with Crippen LogP contribution in [0.2, 0.25) is 0 Å². The fourth-order valence-electron chi connectivity index (χ4n) is 2.50. The molecule has 1 aliphatic rings. The van der Waals surface area contributed by atoms with Crippen molar-refractivity contribution in [1.29, 1.82) is 0 Å². The number of likely N-dealkylation sites (tertiary alicyclic amines) is 1. The molecule has 0 amide bonds. The van der Waals surface area contributed by atoms with Gasteiger partial charge < -0.3 is 20.5 Å². The van der Waals surface area contributed by atoms with Crippen LogP contribution in [0.5, 0.6) is 5.75 Å². The molecular weight excluding hydrogens is 272 g/mol. The maximum Gasteiger partial charge on any atom is 0.129 e. The molecule has 4 nitrogen and oxygen atoms in total. The lowest BCUT2D eigenvalue weighted by Gasteiger charge is -2.18. The molecule has 1 heterocycles. The minimum absolute atomic E-state index is 0.358. The molecule has 20 heavy (non-hydrogen) atoms. The predicted octanol–water partition coefficient (Wildman–Crippen LogP) is 1.55. The van der Waals surface area contributed by atoms with Gasteiger partial charge in [0.25, 0.3) is 0 Å². The third-order valence-electron chi connectivity index (χ3n) is 3.56. The lowest BCUT2D eigenvalue weighted by Crippen LogP contribution is -2.30. The van der Waals surface area contributed by atoms with Gasteiger partial charge in [0.15, 0.2) is 0 Å². The van der Waals surface area contributed by atoms with Crippen LogP contribution in [0.1, 0.15) is 25.3 Å². The molecule has 5 heteroatoms. The number of nitrogens with zero attached hydrogens (tertiary/aromatic N) is 1. The van der Waals surface area contributed by atoms with Crippen molar-refractivity contribution in [2.45, 2.75) is 25.4 Å². The van der Waals surface area contributed by atoms with Crippen LogP contribution in [0.4, 0.5) is 0 Å². The Labute approximate surface area is 125 Å². The summed E-state index contributed by atoms with van der Waals surface area (Å²) in [4.78, 5) is 2.62. The fourth-order valence-corrected chi connectivity index (χ4v) is 2.66. The molecule has 1 aromatic carbocycles. The van der Waals surface area contributed by atoms with Gasteiger partial charge in [0.05, 0.1) is 17.8 Å². The van der Waals surface area contributed by atoms with Crippen LogP contribution in [0.15, 0.2) is 24.3 Å². The number of hydrogen-bond acceptors (Lipinski definition) is 4. The van der Waals surface area contributed by atoms with Gasteiger partial charge in [-0.15, -0.1) is 0 Å². The summed E-state index contributed by atoms with van der Waals surface area (Å²) in [7, 11) is 0. The number of rotatable bonds is 6.